The van der Waals surface area contributed by atoms with Gasteiger partial charge in [-0.3, -0.25) is 9.59 Å². The molecule has 1 aromatic carbocycles. The molecule has 0 aliphatic heterocycles. The number of amides is 2. The van der Waals surface area contributed by atoms with Crippen LogP contribution in [0.5, 0.6) is 0 Å². The lowest BCUT2D eigenvalue weighted by Crippen LogP contribution is -2.24. The highest BCUT2D eigenvalue weighted by molar-refractivity contribution is 5.94. The van der Waals surface area contributed by atoms with Gasteiger partial charge >= 0.3 is 6.18 Å². The van der Waals surface area contributed by atoms with Crippen LogP contribution >= 0.6 is 0 Å². The first-order valence-electron chi connectivity index (χ1n) is 5.79. The van der Waals surface area contributed by atoms with E-state index in [0.717, 1.165) is 13.0 Å². The number of nitrogens with one attached hydrogen (secondary N) is 2. The smallest absolute Gasteiger partial charge is 0.362 e. The molecule has 0 radical (unpaired) electrons. The molecule has 0 spiro atoms. The van der Waals surface area contributed by atoms with E-state index in [1.165, 1.54) is 0 Å². The minimum atomic E-state index is -4.60. The minimum absolute atomic E-state index is 0.389. The zero-order chi connectivity index (χ0) is 16.9. The van der Waals surface area contributed by atoms with Gasteiger partial charge in [-0.1, -0.05) is 0 Å². The number of alkyl halides is 3. The first kappa shape index (κ1) is 17.8. The lowest BCUT2D eigenvalue weighted by Gasteiger charge is -2.11. The van der Waals surface area contributed by atoms with Crippen molar-refractivity contribution in [3.63, 3.8) is 0 Å². The topological polar surface area (TPSA) is 67.4 Å². The van der Waals surface area contributed by atoms with Crippen molar-refractivity contribution in [1.29, 1.82) is 0 Å². The average Bonchev–Trinajstić information content (AvgIpc) is 2.33. The molecule has 10 heteroatoms. The van der Waals surface area contributed by atoms with Crippen molar-refractivity contribution in [3.8, 4) is 0 Å². The number of hydrogen-bond donors (Lipinski definition) is 2. The second kappa shape index (κ2) is 7.16. The standard InChI is InChI=1S/C12H11F5N2O3/c1-6(20)18-9-3-10(8(14)2-7(9)13)19-11(21)4-22-5-12(15,16)17/h2-3H,4-5H2,1H3,(H,18,20)(H,19,21). The van der Waals surface area contributed by atoms with Gasteiger partial charge < -0.3 is 15.4 Å². The van der Waals surface area contributed by atoms with Crippen molar-refractivity contribution in [2.75, 3.05) is 23.8 Å². The Kier molecular flexibility index (Phi) is 5.80. The molecule has 0 aliphatic rings. The Bertz CT molecular complexity index is 575. The second-order valence-corrected chi connectivity index (χ2v) is 4.15. The second-order valence-electron chi connectivity index (χ2n) is 4.15. The first-order valence-corrected chi connectivity index (χ1v) is 5.79. The van der Waals surface area contributed by atoms with Gasteiger partial charge in [0.1, 0.15) is 24.8 Å². The molecular formula is C12H11F5N2O3. The first-order chi connectivity index (χ1) is 10.1. The summed E-state index contributed by atoms with van der Waals surface area (Å²) in [5, 5.41) is 3.98. The average molecular weight is 326 g/mol. The van der Waals surface area contributed by atoms with Crippen LogP contribution in [0.25, 0.3) is 0 Å². The summed E-state index contributed by atoms with van der Waals surface area (Å²) in [6, 6.07) is 1.21. The van der Waals surface area contributed by atoms with E-state index in [1.807, 2.05) is 5.32 Å². The van der Waals surface area contributed by atoms with Crippen LogP contribution in [0, 0.1) is 11.6 Å². The van der Waals surface area contributed by atoms with Crippen molar-refractivity contribution in [1.82, 2.24) is 0 Å². The molecule has 0 fully saturated rings. The molecule has 0 saturated carbocycles. The van der Waals surface area contributed by atoms with Gasteiger partial charge in [0.15, 0.2) is 0 Å². The molecule has 0 aromatic heterocycles. The molecule has 0 unspecified atom stereocenters. The highest BCUT2D eigenvalue weighted by atomic mass is 19.4. The van der Waals surface area contributed by atoms with Crippen LogP contribution in [-0.4, -0.2) is 31.2 Å². The van der Waals surface area contributed by atoms with E-state index >= 15 is 0 Å². The van der Waals surface area contributed by atoms with E-state index in [-0.39, 0.29) is 5.69 Å². The zero-order valence-corrected chi connectivity index (χ0v) is 11.2. The van der Waals surface area contributed by atoms with Crippen molar-refractivity contribution < 1.29 is 36.3 Å². The molecule has 0 bridgehead atoms. The van der Waals surface area contributed by atoms with Crippen LogP contribution in [0.4, 0.5) is 33.3 Å². The van der Waals surface area contributed by atoms with E-state index < -0.39 is 48.5 Å². The third-order valence-corrected chi connectivity index (χ3v) is 2.14. The van der Waals surface area contributed by atoms with Gasteiger partial charge in [0.25, 0.3) is 0 Å². The summed E-state index contributed by atoms with van der Waals surface area (Å²) >= 11 is 0. The third kappa shape index (κ3) is 6.04. The van der Waals surface area contributed by atoms with Crippen LogP contribution in [-0.2, 0) is 14.3 Å². The Hall–Kier alpha value is -2.23. The normalized spacial score (nSPS) is 11.2. The molecule has 0 atom stereocenters. The van der Waals surface area contributed by atoms with Crippen LogP contribution in [0.1, 0.15) is 6.92 Å². The third-order valence-electron chi connectivity index (χ3n) is 2.14. The Labute approximate surface area is 121 Å². The molecule has 1 rings (SSSR count). The van der Waals surface area contributed by atoms with Crippen LogP contribution in [0.3, 0.4) is 0 Å². The maximum Gasteiger partial charge on any atom is 0.411 e. The van der Waals surface area contributed by atoms with Crippen molar-refractivity contribution in [2.45, 2.75) is 13.1 Å². The number of ether oxygens (including phenoxy) is 1. The Morgan fingerprint density at radius 2 is 1.64 bits per heavy atom. The van der Waals surface area contributed by atoms with E-state index in [9.17, 15) is 31.5 Å². The van der Waals surface area contributed by atoms with Crippen LogP contribution in [0.15, 0.2) is 12.1 Å². The van der Waals surface area contributed by atoms with Crippen LogP contribution < -0.4 is 10.6 Å². The van der Waals surface area contributed by atoms with Crippen molar-refractivity contribution in [2.24, 2.45) is 0 Å². The number of hydrogen-bond acceptors (Lipinski definition) is 3. The highest BCUT2D eigenvalue weighted by Crippen LogP contribution is 2.23. The molecule has 2 N–H and O–H groups in total. The number of carbonyl (C=O) groups excluding carboxylic acids is 2. The molecule has 22 heavy (non-hydrogen) atoms. The Balaban J connectivity index is 2.72. The zero-order valence-electron chi connectivity index (χ0n) is 11.2. The summed E-state index contributed by atoms with van der Waals surface area (Å²) < 4.78 is 66.3. The lowest BCUT2D eigenvalue weighted by atomic mass is 10.2. The number of rotatable bonds is 5. The quantitative estimate of drug-likeness (QED) is 0.817. The monoisotopic (exact) mass is 326 g/mol. The van der Waals surface area contributed by atoms with Gasteiger partial charge in [-0.2, -0.15) is 13.2 Å². The summed E-state index contributed by atoms with van der Waals surface area (Å²) in [6.45, 7) is -1.51. The molecule has 0 aliphatic carbocycles. The van der Waals surface area contributed by atoms with Crippen molar-refractivity contribution in [3.05, 3.63) is 23.8 Å². The SMILES string of the molecule is CC(=O)Nc1cc(NC(=O)COCC(F)(F)F)c(F)cc1F. The maximum atomic E-state index is 13.5. The minimum Gasteiger partial charge on any atom is -0.362 e. The van der Waals surface area contributed by atoms with Gasteiger partial charge in [0.05, 0.1) is 11.4 Å². The summed E-state index contributed by atoms with van der Waals surface area (Å²) in [4.78, 5) is 22.2. The van der Waals surface area contributed by atoms with E-state index in [1.54, 1.807) is 0 Å². The summed E-state index contributed by atoms with van der Waals surface area (Å²) in [6.07, 6.45) is -4.60. The number of halogens is 5. The molecule has 0 saturated heterocycles. The van der Waals surface area contributed by atoms with Gasteiger partial charge in [-0.15, -0.1) is 0 Å². The van der Waals surface area contributed by atoms with E-state index in [4.69, 9.17) is 0 Å². The molecule has 0 heterocycles. The van der Waals surface area contributed by atoms with Gasteiger partial charge in [0, 0.05) is 13.0 Å². The van der Waals surface area contributed by atoms with Crippen LogP contribution in [0.2, 0.25) is 0 Å². The summed E-state index contributed by atoms with van der Waals surface area (Å²) in [7, 11) is 0. The number of benzene rings is 1. The molecular weight excluding hydrogens is 315 g/mol. The predicted octanol–water partition coefficient (Wildman–Crippen LogP) is 2.44. The van der Waals surface area contributed by atoms with E-state index in [2.05, 4.69) is 10.1 Å². The molecule has 5 nitrogen and oxygen atoms in total. The summed E-state index contributed by atoms with van der Waals surface area (Å²) in [5.41, 5.74) is -0.897. The number of anilines is 2. The molecule has 1 aromatic rings. The number of carbonyl (C=O) groups is 2. The lowest BCUT2D eigenvalue weighted by molar-refractivity contribution is -0.174. The van der Waals surface area contributed by atoms with Gasteiger partial charge in [-0.25, -0.2) is 8.78 Å². The van der Waals surface area contributed by atoms with Crippen molar-refractivity contribution >= 4 is 23.2 Å². The summed E-state index contributed by atoms with van der Waals surface area (Å²) in [5.74, 6) is -3.92. The molecule has 122 valence electrons. The Morgan fingerprint density at radius 1 is 1.09 bits per heavy atom. The maximum absolute atomic E-state index is 13.5. The van der Waals surface area contributed by atoms with E-state index in [0.29, 0.717) is 6.07 Å². The molecule has 2 amide bonds. The fraction of sp³-hybridized carbons (Fsp3) is 0.333. The highest BCUT2D eigenvalue weighted by Gasteiger charge is 2.27. The van der Waals surface area contributed by atoms with Gasteiger partial charge in [0.2, 0.25) is 11.8 Å². The predicted molar refractivity (Wildman–Crippen MR) is 66.2 cm³/mol. The Morgan fingerprint density at radius 3 is 2.14 bits per heavy atom. The fourth-order valence-electron chi connectivity index (χ4n) is 1.38. The largest absolute Gasteiger partial charge is 0.411 e. The van der Waals surface area contributed by atoms with Gasteiger partial charge in [-0.05, 0) is 6.07 Å². The fourth-order valence-corrected chi connectivity index (χ4v) is 1.38.